The molecule has 2 aliphatic heterocycles. The Kier molecular flexibility index (Phi) is 13.7. The van der Waals surface area contributed by atoms with Crippen molar-refractivity contribution < 1.29 is 46.9 Å². The first kappa shape index (κ1) is 38.0. The fraction of sp³-hybridized carbons (Fsp3) is 0.467. The Hall–Kier alpha value is -3.81. The summed E-state index contributed by atoms with van der Waals surface area (Å²) in [6.07, 6.45) is -1.10. The predicted molar refractivity (Wildman–Crippen MR) is 172 cm³/mol. The minimum atomic E-state index is -4.64. The molecule has 19 heteroatoms. The van der Waals surface area contributed by atoms with Gasteiger partial charge in [-0.1, -0.05) is 24.3 Å². The summed E-state index contributed by atoms with van der Waals surface area (Å²) >= 11 is 0. The van der Waals surface area contributed by atoms with E-state index in [-0.39, 0.29) is 26.4 Å². The molecular formula is C30H39N4O14P. The van der Waals surface area contributed by atoms with Crippen molar-refractivity contribution in [2.45, 2.75) is 49.1 Å². The highest BCUT2D eigenvalue weighted by Crippen LogP contribution is 2.54. The summed E-state index contributed by atoms with van der Waals surface area (Å²) in [6, 6.07) is 2.22. The van der Waals surface area contributed by atoms with Gasteiger partial charge in [-0.2, -0.15) is 0 Å². The standard InChI is InChI=1S/C30H39N4O14P/c1-5-13-41-23-20(47-27(25(23)42-14-6-2)33-11-9-21(36)31-29(33)38)18-45-49(40,44-16-8-4)48-24-19(17-35)46-28(26(24)43-15-7-3)34-12-10-22(37)32-30(34)39/h5-12,19-20,23-28,35H,1-4,13-18H2,(H,31,36,38)(H,32,37,39)/t19-,20-,23-,24-,25-,26-,27-,28-,49?/m1/s1. The molecule has 0 bridgehead atoms. The number of hydrogen-bond donors (Lipinski definition) is 3. The van der Waals surface area contributed by atoms with Crippen molar-refractivity contribution in [3.8, 4) is 0 Å². The maximum atomic E-state index is 14.2. The topological polar surface area (TPSA) is 221 Å². The van der Waals surface area contributed by atoms with Gasteiger partial charge in [-0.05, 0) is 0 Å². The van der Waals surface area contributed by atoms with Crippen LogP contribution in [-0.4, -0.2) is 100 Å². The molecule has 0 spiro atoms. The fourth-order valence-electron chi connectivity index (χ4n) is 5.18. The first-order valence-corrected chi connectivity index (χ1v) is 16.5. The van der Waals surface area contributed by atoms with Crippen molar-refractivity contribution in [3.63, 3.8) is 0 Å². The van der Waals surface area contributed by atoms with Crippen molar-refractivity contribution >= 4 is 7.82 Å². The van der Waals surface area contributed by atoms with E-state index in [1.165, 1.54) is 36.7 Å². The molecule has 2 saturated heterocycles. The first-order valence-electron chi connectivity index (χ1n) is 15.0. The van der Waals surface area contributed by atoms with Gasteiger partial charge < -0.3 is 28.8 Å². The summed E-state index contributed by atoms with van der Waals surface area (Å²) in [7, 11) is -4.64. The van der Waals surface area contributed by atoms with E-state index >= 15 is 0 Å². The molecule has 0 aliphatic carbocycles. The molecule has 2 aromatic rings. The fourth-order valence-corrected chi connectivity index (χ4v) is 6.55. The number of ether oxygens (including phenoxy) is 5. The van der Waals surface area contributed by atoms with Crippen LogP contribution < -0.4 is 22.5 Å². The van der Waals surface area contributed by atoms with Gasteiger partial charge in [-0.25, -0.2) is 14.2 Å². The third kappa shape index (κ3) is 9.25. The van der Waals surface area contributed by atoms with Crippen molar-refractivity contribution in [2.75, 3.05) is 39.6 Å². The molecule has 2 fully saturated rings. The van der Waals surface area contributed by atoms with Crippen LogP contribution >= 0.6 is 7.82 Å². The lowest BCUT2D eigenvalue weighted by molar-refractivity contribution is -0.0727. The average Bonchev–Trinajstić information content (AvgIpc) is 3.59. The Balaban J connectivity index is 1.64. The second kappa shape index (κ2) is 17.7. The van der Waals surface area contributed by atoms with Gasteiger partial charge in [-0.3, -0.25) is 42.3 Å². The molecular weight excluding hydrogens is 671 g/mol. The molecule has 0 radical (unpaired) electrons. The Morgan fingerprint density at radius 2 is 1.18 bits per heavy atom. The maximum Gasteiger partial charge on any atom is 0.475 e. The molecule has 2 aromatic heterocycles. The lowest BCUT2D eigenvalue weighted by Gasteiger charge is -2.28. The normalized spacial score (nSPS) is 27.8. The Labute approximate surface area is 279 Å². The minimum Gasteiger partial charge on any atom is -0.394 e. The summed E-state index contributed by atoms with van der Waals surface area (Å²) in [4.78, 5) is 53.0. The molecule has 0 saturated carbocycles. The van der Waals surface area contributed by atoms with Gasteiger partial charge in [0.15, 0.2) is 12.5 Å². The molecule has 1 unspecified atom stereocenters. The molecule has 2 aliphatic rings. The Morgan fingerprint density at radius 1 is 0.714 bits per heavy atom. The number of rotatable bonds is 20. The highest BCUT2D eigenvalue weighted by molar-refractivity contribution is 7.48. The average molecular weight is 711 g/mol. The number of nitrogens with zero attached hydrogens (tertiary/aromatic N) is 2. The zero-order valence-corrected chi connectivity index (χ0v) is 27.3. The van der Waals surface area contributed by atoms with Crippen LogP contribution in [0.5, 0.6) is 0 Å². The largest absolute Gasteiger partial charge is 0.475 e. The monoisotopic (exact) mass is 710 g/mol. The molecule has 18 nitrogen and oxygen atoms in total. The van der Waals surface area contributed by atoms with Crippen LogP contribution in [0.1, 0.15) is 12.5 Å². The number of hydrogen-bond acceptors (Lipinski definition) is 14. The van der Waals surface area contributed by atoms with Crippen LogP contribution in [0.15, 0.2) is 94.3 Å². The van der Waals surface area contributed by atoms with E-state index in [2.05, 4.69) is 36.3 Å². The van der Waals surface area contributed by atoms with E-state index in [1.807, 2.05) is 0 Å². The van der Waals surface area contributed by atoms with E-state index < -0.39 is 92.6 Å². The number of aliphatic hydroxyl groups excluding tert-OH is 1. The summed E-state index contributed by atoms with van der Waals surface area (Å²) in [5.74, 6) is 0. The van der Waals surface area contributed by atoms with E-state index in [9.17, 15) is 28.8 Å². The predicted octanol–water partition coefficient (Wildman–Crippen LogP) is 0.300. The number of aromatic nitrogens is 4. The third-order valence-corrected chi connectivity index (χ3v) is 8.65. The molecule has 0 amide bonds. The van der Waals surface area contributed by atoms with Crippen molar-refractivity contribution in [2.24, 2.45) is 0 Å². The van der Waals surface area contributed by atoms with Gasteiger partial charge in [0.05, 0.1) is 39.6 Å². The molecule has 4 rings (SSSR count). The third-order valence-electron chi connectivity index (χ3n) is 7.22. The second-order valence-electron chi connectivity index (χ2n) is 10.5. The number of H-pyrrole nitrogens is 2. The lowest BCUT2D eigenvalue weighted by Crippen LogP contribution is -2.41. The van der Waals surface area contributed by atoms with E-state index in [0.29, 0.717) is 0 Å². The zero-order chi connectivity index (χ0) is 35.6. The van der Waals surface area contributed by atoms with Gasteiger partial charge in [0.1, 0.15) is 36.6 Å². The van der Waals surface area contributed by atoms with Crippen molar-refractivity contribution in [3.05, 3.63) is 117 Å². The minimum absolute atomic E-state index is 0.0261. The molecule has 49 heavy (non-hydrogen) atoms. The van der Waals surface area contributed by atoms with Crippen LogP contribution in [0.25, 0.3) is 0 Å². The number of phosphoric acid groups is 1. The van der Waals surface area contributed by atoms with E-state index in [1.54, 1.807) is 0 Å². The number of nitrogens with one attached hydrogen (secondary N) is 2. The first-order chi connectivity index (χ1) is 23.6. The lowest BCUT2D eigenvalue weighted by atomic mass is 10.1. The van der Waals surface area contributed by atoms with Crippen LogP contribution in [-0.2, 0) is 41.8 Å². The van der Waals surface area contributed by atoms with Gasteiger partial charge >= 0.3 is 19.2 Å². The van der Waals surface area contributed by atoms with Crippen LogP contribution in [0.2, 0.25) is 0 Å². The van der Waals surface area contributed by atoms with Gasteiger partial charge in [-0.15, -0.1) is 26.3 Å². The van der Waals surface area contributed by atoms with Gasteiger partial charge in [0.25, 0.3) is 11.1 Å². The van der Waals surface area contributed by atoms with E-state index in [4.69, 9.17) is 37.3 Å². The smallest absolute Gasteiger partial charge is 0.394 e. The van der Waals surface area contributed by atoms with Crippen LogP contribution in [0, 0.1) is 0 Å². The second-order valence-corrected chi connectivity index (χ2v) is 12.1. The van der Waals surface area contributed by atoms with Crippen LogP contribution in [0.3, 0.4) is 0 Å². The maximum absolute atomic E-state index is 14.2. The van der Waals surface area contributed by atoms with Crippen molar-refractivity contribution in [1.82, 2.24) is 19.1 Å². The van der Waals surface area contributed by atoms with Crippen molar-refractivity contribution in [1.29, 1.82) is 0 Å². The molecule has 4 heterocycles. The molecule has 268 valence electrons. The Morgan fingerprint density at radius 3 is 1.65 bits per heavy atom. The SMILES string of the molecule is C=CCO[C@@H]1[C@H](OCC=C)[C@@H](COP(=O)(OCC=C)O[C@H]2[C@@H](OCC=C)[C@H](n3ccc(=O)[nH]c3=O)O[C@@H]2CO)O[C@H]1n1ccc(=O)[nH]c1=O. The van der Waals surface area contributed by atoms with Gasteiger partial charge in [0.2, 0.25) is 0 Å². The van der Waals surface area contributed by atoms with Gasteiger partial charge in [0, 0.05) is 24.5 Å². The van der Waals surface area contributed by atoms with Crippen LogP contribution in [0.4, 0.5) is 0 Å². The summed E-state index contributed by atoms with van der Waals surface area (Å²) < 4.78 is 63.3. The highest BCUT2D eigenvalue weighted by atomic mass is 31.2. The Bertz CT molecular complexity index is 1740. The quantitative estimate of drug-likeness (QED) is 0.124. The molecule has 3 N–H and O–H groups in total. The number of phosphoric ester groups is 1. The number of aliphatic hydroxyl groups is 1. The zero-order valence-electron chi connectivity index (χ0n) is 26.4. The summed E-state index contributed by atoms with van der Waals surface area (Å²) in [6.45, 7) is 13.0. The molecule has 0 aromatic carbocycles. The number of aromatic amines is 2. The summed E-state index contributed by atoms with van der Waals surface area (Å²) in [5, 5.41) is 10.2. The summed E-state index contributed by atoms with van der Waals surface area (Å²) in [5.41, 5.74) is -2.90. The van der Waals surface area contributed by atoms with E-state index in [0.717, 1.165) is 21.3 Å². The highest BCUT2D eigenvalue weighted by Gasteiger charge is 2.52. The molecule has 9 atom stereocenters.